The molecule has 1 aromatic rings. The zero-order valence-corrected chi connectivity index (χ0v) is 23.0. The molecule has 1 unspecified atom stereocenters. The second-order valence-electron chi connectivity index (χ2n) is 10.7. The van der Waals surface area contributed by atoms with Gasteiger partial charge in [0.05, 0.1) is 18.0 Å². The number of carbonyl (C=O) groups is 2. The van der Waals surface area contributed by atoms with Crippen molar-refractivity contribution < 1.29 is 23.9 Å². The van der Waals surface area contributed by atoms with Crippen LogP contribution in [0.5, 0.6) is 0 Å². The molecule has 0 spiro atoms. The van der Waals surface area contributed by atoms with Crippen molar-refractivity contribution in [2.75, 3.05) is 24.8 Å². The van der Waals surface area contributed by atoms with Crippen molar-refractivity contribution in [3.05, 3.63) is 35.9 Å². The summed E-state index contributed by atoms with van der Waals surface area (Å²) in [7, 11) is -1.88. The van der Waals surface area contributed by atoms with Crippen LogP contribution in [-0.2, 0) is 20.6 Å². The largest absolute Gasteiger partial charge is 0.445 e. The standard InChI is InChI=1S/C25H40N2O5SSi/c1-25(2,3)34(4,5)32-15-13-22(28)21-17-33-18-27(21)23(29)20-12-9-14-26(20)24(30)31-16-19-10-7-6-8-11-19/h6-8,10-11,20-22,28H,9,12-18H2,1-5H3/t20-,21-,22?/m0/s1. The predicted octanol–water partition coefficient (Wildman–Crippen LogP) is 4.46. The van der Waals surface area contributed by atoms with Crippen molar-refractivity contribution in [2.45, 2.75) is 83.0 Å². The first-order valence-electron chi connectivity index (χ1n) is 12.2. The Morgan fingerprint density at radius 3 is 2.59 bits per heavy atom. The molecular weight excluding hydrogens is 468 g/mol. The average molecular weight is 509 g/mol. The van der Waals surface area contributed by atoms with Gasteiger partial charge in [-0.05, 0) is 43.0 Å². The number of aliphatic hydroxyl groups is 1. The maximum Gasteiger partial charge on any atom is 0.410 e. The quantitative estimate of drug-likeness (QED) is 0.522. The smallest absolute Gasteiger partial charge is 0.410 e. The van der Waals surface area contributed by atoms with Gasteiger partial charge >= 0.3 is 6.09 Å². The molecule has 2 heterocycles. The molecule has 2 amide bonds. The van der Waals surface area contributed by atoms with Gasteiger partial charge in [0.15, 0.2) is 8.32 Å². The lowest BCUT2D eigenvalue weighted by Crippen LogP contribution is -2.52. The summed E-state index contributed by atoms with van der Waals surface area (Å²) >= 11 is 1.64. The van der Waals surface area contributed by atoms with E-state index in [4.69, 9.17) is 9.16 Å². The van der Waals surface area contributed by atoms with E-state index in [1.807, 2.05) is 30.3 Å². The van der Waals surface area contributed by atoms with Crippen molar-refractivity contribution in [3.8, 4) is 0 Å². The second-order valence-corrected chi connectivity index (χ2v) is 16.5. The summed E-state index contributed by atoms with van der Waals surface area (Å²) in [5, 5.41) is 11.0. The zero-order valence-electron chi connectivity index (χ0n) is 21.2. The Labute approximate surface area is 209 Å². The van der Waals surface area contributed by atoms with Crippen molar-refractivity contribution in [1.82, 2.24) is 9.80 Å². The highest BCUT2D eigenvalue weighted by Gasteiger charge is 2.43. The Morgan fingerprint density at radius 1 is 1.21 bits per heavy atom. The molecule has 190 valence electrons. The minimum absolute atomic E-state index is 0.0893. The first-order valence-corrected chi connectivity index (χ1v) is 16.2. The van der Waals surface area contributed by atoms with Crippen LogP contribution in [0.3, 0.4) is 0 Å². The lowest BCUT2D eigenvalue weighted by atomic mass is 10.1. The number of likely N-dealkylation sites (tertiary alicyclic amines) is 1. The van der Waals surface area contributed by atoms with Crippen molar-refractivity contribution in [1.29, 1.82) is 0 Å². The second kappa shape index (κ2) is 11.5. The van der Waals surface area contributed by atoms with E-state index < -0.39 is 26.6 Å². The van der Waals surface area contributed by atoms with E-state index in [2.05, 4.69) is 33.9 Å². The number of benzene rings is 1. The Hall–Kier alpha value is -1.55. The van der Waals surface area contributed by atoms with E-state index in [1.54, 1.807) is 21.6 Å². The highest BCUT2D eigenvalue weighted by atomic mass is 32.2. The third kappa shape index (κ3) is 6.56. The van der Waals surface area contributed by atoms with Crippen LogP contribution >= 0.6 is 11.8 Å². The molecule has 3 rings (SSSR count). The molecule has 1 aromatic carbocycles. The van der Waals surface area contributed by atoms with E-state index in [0.717, 1.165) is 12.0 Å². The number of hydrogen-bond donors (Lipinski definition) is 1. The molecule has 1 N–H and O–H groups in total. The maximum absolute atomic E-state index is 13.4. The molecule has 2 saturated heterocycles. The van der Waals surface area contributed by atoms with Gasteiger partial charge in [-0.2, -0.15) is 0 Å². The van der Waals surface area contributed by atoms with Crippen LogP contribution in [0.25, 0.3) is 0 Å². The number of ether oxygens (including phenoxy) is 1. The van der Waals surface area contributed by atoms with Crippen LogP contribution in [0.4, 0.5) is 4.79 Å². The molecule has 0 saturated carbocycles. The third-order valence-corrected chi connectivity index (χ3v) is 12.9. The Morgan fingerprint density at radius 2 is 1.91 bits per heavy atom. The fourth-order valence-electron chi connectivity index (χ4n) is 4.08. The lowest BCUT2D eigenvalue weighted by Gasteiger charge is -2.37. The Balaban J connectivity index is 1.55. The molecule has 34 heavy (non-hydrogen) atoms. The fourth-order valence-corrected chi connectivity index (χ4v) is 6.41. The topological polar surface area (TPSA) is 79.3 Å². The molecular formula is C25H40N2O5SSi. The zero-order chi connectivity index (χ0) is 24.9. The Bertz CT molecular complexity index is 832. The molecule has 7 nitrogen and oxygen atoms in total. The number of amides is 2. The van der Waals surface area contributed by atoms with Crippen molar-refractivity contribution in [3.63, 3.8) is 0 Å². The first-order chi connectivity index (χ1) is 16.0. The van der Waals surface area contributed by atoms with Crippen molar-refractivity contribution >= 4 is 32.1 Å². The van der Waals surface area contributed by atoms with Gasteiger partial charge in [-0.25, -0.2) is 4.79 Å². The number of thioether (sulfide) groups is 1. The van der Waals surface area contributed by atoms with Gasteiger partial charge in [-0.3, -0.25) is 9.69 Å². The molecule has 9 heteroatoms. The highest BCUT2D eigenvalue weighted by molar-refractivity contribution is 7.99. The molecule has 0 radical (unpaired) electrons. The summed E-state index contributed by atoms with van der Waals surface area (Å²) in [6.07, 6.45) is 0.785. The molecule has 0 aliphatic carbocycles. The van der Waals surface area contributed by atoms with Gasteiger partial charge in [-0.15, -0.1) is 11.8 Å². The van der Waals surface area contributed by atoms with E-state index >= 15 is 0 Å². The summed E-state index contributed by atoms with van der Waals surface area (Å²) in [6, 6.07) is 8.74. The third-order valence-electron chi connectivity index (χ3n) is 7.31. The van der Waals surface area contributed by atoms with Gasteiger partial charge in [0.1, 0.15) is 12.6 Å². The molecule has 2 aliphatic heterocycles. The molecule has 3 atom stereocenters. The maximum atomic E-state index is 13.4. The predicted molar refractivity (Wildman–Crippen MR) is 138 cm³/mol. The van der Waals surface area contributed by atoms with Crippen LogP contribution in [0.1, 0.15) is 45.6 Å². The van der Waals surface area contributed by atoms with Crippen LogP contribution in [-0.4, -0.2) is 78.2 Å². The van der Waals surface area contributed by atoms with Gasteiger partial charge in [0.25, 0.3) is 0 Å². The summed E-state index contributed by atoms with van der Waals surface area (Å²) in [6.45, 7) is 12.2. The molecule has 0 aromatic heterocycles. The number of aliphatic hydroxyl groups excluding tert-OH is 1. The number of rotatable bonds is 8. The summed E-state index contributed by atoms with van der Waals surface area (Å²) in [4.78, 5) is 29.5. The van der Waals surface area contributed by atoms with Gasteiger partial charge < -0.3 is 19.2 Å². The van der Waals surface area contributed by atoms with Gasteiger partial charge in [0, 0.05) is 18.9 Å². The summed E-state index contributed by atoms with van der Waals surface area (Å²) in [5.41, 5.74) is 0.914. The molecule has 2 fully saturated rings. The van der Waals surface area contributed by atoms with E-state index in [9.17, 15) is 14.7 Å². The van der Waals surface area contributed by atoms with Crippen LogP contribution in [0.2, 0.25) is 18.1 Å². The van der Waals surface area contributed by atoms with Crippen molar-refractivity contribution in [2.24, 2.45) is 0 Å². The van der Waals surface area contributed by atoms with E-state index in [-0.39, 0.29) is 23.6 Å². The Kier molecular flexibility index (Phi) is 9.11. The van der Waals surface area contributed by atoms with Crippen LogP contribution < -0.4 is 0 Å². The number of carbonyl (C=O) groups excluding carboxylic acids is 2. The lowest BCUT2D eigenvalue weighted by molar-refractivity contribution is -0.138. The fraction of sp³-hybridized carbons (Fsp3) is 0.680. The van der Waals surface area contributed by atoms with Crippen LogP contribution in [0.15, 0.2) is 30.3 Å². The summed E-state index contributed by atoms with van der Waals surface area (Å²) < 4.78 is 11.7. The highest BCUT2D eigenvalue weighted by Crippen LogP contribution is 2.37. The SMILES string of the molecule is CC(C)(C)[Si](C)(C)OCCC(O)[C@@H]1CSCN1C(=O)[C@@H]1CCCN1C(=O)OCc1ccccc1. The molecule has 2 aliphatic rings. The number of nitrogens with zero attached hydrogens (tertiary/aromatic N) is 2. The summed E-state index contributed by atoms with van der Waals surface area (Å²) in [5.74, 6) is 1.14. The van der Waals surface area contributed by atoms with E-state index in [1.165, 1.54) is 0 Å². The minimum Gasteiger partial charge on any atom is -0.445 e. The van der Waals surface area contributed by atoms with Crippen LogP contribution in [0, 0.1) is 0 Å². The average Bonchev–Trinajstić information content (AvgIpc) is 3.47. The molecule has 0 bridgehead atoms. The first kappa shape index (κ1) is 27.0. The van der Waals surface area contributed by atoms with Gasteiger partial charge in [-0.1, -0.05) is 51.1 Å². The normalized spacial score (nSPS) is 22.2. The number of hydrogen-bond acceptors (Lipinski definition) is 6. The minimum atomic E-state index is -1.88. The van der Waals surface area contributed by atoms with E-state index in [0.29, 0.717) is 37.6 Å². The van der Waals surface area contributed by atoms with Gasteiger partial charge in [0.2, 0.25) is 5.91 Å². The monoisotopic (exact) mass is 508 g/mol.